The minimum atomic E-state index is -0.355. The molecule has 0 atom stereocenters. The van der Waals surface area contributed by atoms with Crippen LogP contribution in [0.1, 0.15) is 29.7 Å². The van der Waals surface area contributed by atoms with Crippen molar-refractivity contribution in [2.75, 3.05) is 13.2 Å². The average Bonchev–Trinajstić information content (AvgIpc) is 3.12. The SMILES string of the molecule is Cc1cnc(CNCC2(CO)CC2)c(C)c1[N+](=O)[O-]. The van der Waals surface area contributed by atoms with Crippen LogP contribution in [-0.2, 0) is 6.54 Å². The van der Waals surface area contributed by atoms with Crippen LogP contribution in [0.5, 0.6) is 0 Å². The van der Waals surface area contributed by atoms with Gasteiger partial charge in [0, 0.05) is 42.4 Å². The number of rotatable bonds is 6. The molecule has 1 aliphatic rings. The van der Waals surface area contributed by atoms with E-state index in [0.717, 1.165) is 19.4 Å². The number of aromatic nitrogens is 1. The van der Waals surface area contributed by atoms with Gasteiger partial charge in [0.1, 0.15) is 0 Å². The Morgan fingerprint density at radius 2 is 2.21 bits per heavy atom. The Bertz CT molecular complexity index is 498. The monoisotopic (exact) mass is 265 g/mol. The molecule has 0 bridgehead atoms. The Balaban J connectivity index is 2.04. The first-order chi connectivity index (χ1) is 8.99. The zero-order valence-corrected chi connectivity index (χ0v) is 11.3. The van der Waals surface area contributed by atoms with Crippen molar-refractivity contribution in [3.05, 3.63) is 33.1 Å². The molecule has 1 aromatic heterocycles. The Morgan fingerprint density at radius 3 is 2.74 bits per heavy atom. The summed E-state index contributed by atoms with van der Waals surface area (Å²) in [5.41, 5.74) is 2.08. The van der Waals surface area contributed by atoms with Crippen molar-refractivity contribution in [1.29, 1.82) is 0 Å². The third-order valence-corrected chi connectivity index (χ3v) is 3.84. The van der Waals surface area contributed by atoms with Crippen LogP contribution in [0.4, 0.5) is 5.69 Å². The molecule has 1 aromatic rings. The number of nitrogens with zero attached hydrogens (tertiary/aromatic N) is 2. The number of nitro groups is 1. The van der Waals surface area contributed by atoms with Crippen molar-refractivity contribution in [3.63, 3.8) is 0 Å². The van der Waals surface area contributed by atoms with Crippen LogP contribution in [-0.4, -0.2) is 28.2 Å². The summed E-state index contributed by atoms with van der Waals surface area (Å²) in [5, 5.41) is 23.5. The third-order valence-electron chi connectivity index (χ3n) is 3.84. The fourth-order valence-corrected chi connectivity index (χ4v) is 2.24. The molecule has 0 saturated heterocycles. The van der Waals surface area contributed by atoms with E-state index in [1.807, 2.05) is 0 Å². The van der Waals surface area contributed by atoms with Gasteiger partial charge in [0.2, 0.25) is 0 Å². The van der Waals surface area contributed by atoms with Crippen LogP contribution >= 0.6 is 0 Å². The fourth-order valence-electron chi connectivity index (χ4n) is 2.24. The molecule has 104 valence electrons. The smallest absolute Gasteiger partial charge is 0.278 e. The standard InChI is InChI=1S/C13H19N3O3/c1-9-5-15-11(10(2)12(9)16(18)19)6-14-7-13(8-17)3-4-13/h5,14,17H,3-4,6-8H2,1-2H3. The quantitative estimate of drug-likeness (QED) is 0.600. The van der Waals surface area contributed by atoms with Crippen LogP contribution in [0.2, 0.25) is 0 Å². The van der Waals surface area contributed by atoms with Gasteiger partial charge in [0.15, 0.2) is 0 Å². The number of pyridine rings is 1. The van der Waals surface area contributed by atoms with Gasteiger partial charge in [-0.05, 0) is 26.7 Å². The van der Waals surface area contributed by atoms with Crippen LogP contribution < -0.4 is 5.32 Å². The van der Waals surface area contributed by atoms with E-state index in [4.69, 9.17) is 0 Å². The number of nitrogens with one attached hydrogen (secondary N) is 1. The van der Waals surface area contributed by atoms with E-state index in [1.165, 1.54) is 0 Å². The van der Waals surface area contributed by atoms with Crippen LogP contribution in [0.3, 0.4) is 0 Å². The first kappa shape index (κ1) is 13.9. The number of hydrogen-bond donors (Lipinski definition) is 2. The molecule has 1 heterocycles. The van der Waals surface area contributed by atoms with Gasteiger partial charge in [0.05, 0.1) is 10.6 Å². The lowest BCUT2D eigenvalue weighted by Crippen LogP contribution is -2.26. The highest BCUT2D eigenvalue weighted by atomic mass is 16.6. The molecular formula is C13H19N3O3. The summed E-state index contributed by atoms with van der Waals surface area (Å²) in [4.78, 5) is 14.9. The van der Waals surface area contributed by atoms with Crippen molar-refractivity contribution >= 4 is 5.69 Å². The molecule has 1 aliphatic carbocycles. The fraction of sp³-hybridized carbons (Fsp3) is 0.615. The molecule has 0 spiro atoms. The van der Waals surface area contributed by atoms with Gasteiger partial charge in [-0.1, -0.05) is 0 Å². The second-order valence-corrected chi connectivity index (χ2v) is 5.38. The summed E-state index contributed by atoms with van der Waals surface area (Å²) in [5.74, 6) is 0. The molecule has 6 heteroatoms. The van der Waals surface area contributed by atoms with E-state index in [2.05, 4.69) is 10.3 Å². The number of hydrogen-bond acceptors (Lipinski definition) is 5. The topological polar surface area (TPSA) is 88.3 Å². The molecule has 19 heavy (non-hydrogen) atoms. The Hall–Kier alpha value is -1.53. The molecule has 1 saturated carbocycles. The molecule has 0 radical (unpaired) electrons. The van der Waals surface area contributed by atoms with Gasteiger partial charge < -0.3 is 10.4 Å². The van der Waals surface area contributed by atoms with Crippen LogP contribution in [0, 0.1) is 29.4 Å². The second-order valence-electron chi connectivity index (χ2n) is 5.38. The molecule has 0 amide bonds. The van der Waals surface area contributed by atoms with Gasteiger partial charge in [-0.3, -0.25) is 15.1 Å². The van der Waals surface area contributed by atoms with E-state index >= 15 is 0 Å². The maximum Gasteiger partial charge on any atom is 0.278 e. The van der Waals surface area contributed by atoms with Gasteiger partial charge in [0.25, 0.3) is 5.69 Å². The van der Waals surface area contributed by atoms with E-state index < -0.39 is 0 Å². The van der Waals surface area contributed by atoms with Gasteiger partial charge in [-0.2, -0.15) is 0 Å². The zero-order valence-electron chi connectivity index (χ0n) is 11.3. The lowest BCUT2D eigenvalue weighted by molar-refractivity contribution is -0.386. The van der Waals surface area contributed by atoms with Crippen molar-refractivity contribution in [1.82, 2.24) is 10.3 Å². The maximum absolute atomic E-state index is 11.0. The van der Waals surface area contributed by atoms with E-state index in [9.17, 15) is 15.2 Å². The normalized spacial score (nSPS) is 16.4. The summed E-state index contributed by atoms with van der Waals surface area (Å²) in [6.45, 7) is 4.84. The Labute approximate surface area is 112 Å². The maximum atomic E-state index is 11.0. The molecule has 2 rings (SSSR count). The molecule has 2 N–H and O–H groups in total. The van der Waals surface area contributed by atoms with Gasteiger partial charge >= 0.3 is 0 Å². The summed E-state index contributed by atoms with van der Waals surface area (Å²) in [6, 6.07) is 0. The van der Waals surface area contributed by atoms with Crippen LogP contribution in [0.25, 0.3) is 0 Å². The summed E-state index contributed by atoms with van der Waals surface area (Å²) < 4.78 is 0. The number of aliphatic hydroxyl groups excluding tert-OH is 1. The molecule has 1 fully saturated rings. The largest absolute Gasteiger partial charge is 0.396 e. The Kier molecular flexibility index (Phi) is 3.82. The molecule has 0 unspecified atom stereocenters. The molecule has 0 aliphatic heterocycles. The molecule has 0 aromatic carbocycles. The lowest BCUT2D eigenvalue weighted by Gasteiger charge is -2.13. The highest BCUT2D eigenvalue weighted by Gasteiger charge is 2.41. The van der Waals surface area contributed by atoms with Crippen molar-refractivity contribution in [2.45, 2.75) is 33.2 Å². The van der Waals surface area contributed by atoms with E-state index in [-0.39, 0.29) is 22.6 Å². The van der Waals surface area contributed by atoms with Gasteiger partial charge in [-0.15, -0.1) is 0 Å². The lowest BCUT2D eigenvalue weighted by atomic mass is 10.1. The first-order valence-corrected chi connectivity index (χ1v) is 6.40. The number of aliphatic hydroxyl groups is 1. The highest BCUT2D eigenvalue weighted by molar-refractivity contribution is 5.47. The summed E-state index contributed by atoms with van der Waals surface area (Å²) >= 11 is 0. The van der Waals surface area contributed by atoms with Crippen molar-refractivity contribution in [2.24, 2.45) is 5.41 Å². The number of aryl methyl sites for hydroxylation is 1. The first-order valence-electron chi connectivity index (χ1n) is 6.40. The van der Waals surface area contributed by atoms with Crippen molar-refractivity contribution < 1.29 is 10.0 Å². The summed E-state index contributed by atoms with van der Waals surface area (Å²) in [7, 11) is 0. The van der Waals surface area contributed by atoms with E-state index in [0.29, 0.717) is 23.4 Å². The van der Waals surface area contributed by atoms with Gasteiger partial charge in [-0.25, -0.2) is 0 Å². The van der Waals surface area contributed by atoms with E-state index in [1.54, 1.807) is 20.0 Å². The molecular weight excluding hydrogens is 246 g/mol. The predicted octanol–water partition coefficient (Wildman–Crippen LogP) is 1.47. The second kappa shape index (κ2) is 5.22. The Morgan fingerprint density at radius 1 is 1.53 bits per heavy atom. The highest BCUT2D eigenvalue weighted by Crippen LogP contribution is 2.44. The summed E-state index contributed by atoms with van der Waals surface area (Å²) in [6.07, 6.45) is 3.62. The van der Waals surface area contributed by atoms with Crippen LogP contribution in [0.15, 0.2) is 6.20 Å². The van der Waals surface area contributed by atoms with Crippen molar-refractivity contribution in [3.8, 4) is 0 Å². The average molecular weight is 265 g/mol. The third kappa shape index (κ3) is 2.90. The molecule has 6 nitrogen and oxygen atoms in total. The zero-order chi connectivity index (χ0) is 14.0. The predicted molar refractivity (Wildman–Crippen MR) is 70.8 cm³/mol. The minimum absolute atomic E-state index is 0.0323. The minimum Gasteiger partial charge on any atom is -0.396 e.